The number of benzene rings is 4. The van der Waals surface area contributed by atoms with Crippen LogP contribution in [0.25, 0.3) is 21.5 Å². The Balaban J connectivity index is 1.39. The van der Waals surface area contributed by atoms with Crippen molar-refractivity contribution in [2.24, 2.45) is 11.8 Å². The molecule has 5 aliphatic rings. The summed E-state index contributed by atoms with van der Waals surface area (Å²) in [4.78, 5) is 28.7. The van der Waals surface area contributed by atoms with Crippen LogP contribution in [-0.2, 0) is 23.8 Å². The molecule has 0 N–H and O–H groups in total. The summed E-state index contributed by atoms with van der Waals surface area (Å²) in [5.41, 5.74) is 1.45. The van der Waals surface area contributed by atoms with Crippen LogP contribution in [0.2, 0.25) is 0 Å². The molecule has 4 bridgehead atoms. The van der Waals surface area contributed by atoms with Crippen LogP contribution in [0.15, 0.2) is 60.7 Å². The number of hydrogen-bond acceptors (Lipinski definition) is 7. The number of carbonyl (C=O) groups excluding carboxylic acids is 2. The molecule has 4 aromatic rings. The SMILES string of the molecule is COC(=O)[C@@]12O[C@@](C(=O)OC)([C@@H]3[C@H]1[C@@H]1C[C@H]3c3c1c(OC)c1ccccc1c3OC)[C@@H]1c3cccc4cccc(c34)[C@@H]12. The second-order valence-corrected chi connectivity index (χ2v) is 12.4. The van der Waals surface area contributed by atoms with Gasteiger partial charge in [0.2, 0.25) is 0 Å². The summed E-state index contributed by atoms with van der Waals surface area (Å²) >= 11 is 0. The summed E-state index contributed by atoms with van der Waals surface area (Å²) in [6, 6.07) is 20.5. The van der Waals surface area contributed by atoms with Crippen LogP contribution in [0.5, 0.6) is 11.5 Å². The van der Waals surface area contributed by atoms with Gasteiger partial charge in [0.25, 0.3) is 0 Å². The van der Waals surface area contributed by atoms with Crippen LogP contribution in [0.4, 0.5) is 0 Å². The van der Waals surface area contributed by atoms with Crippen molar-refractivity contribution in [2.45, 2.75) is 41.3 Å². The van der Waals surface area contributed by atoms with E-state index in [-0.39, 0.29) is 35.5 Å². The molecule has 3 aliphatic carbocycles. The Kier molecular flexibility index (Phi) is 4.57. The Hall–Kier alpha value is -4.10. The van der Waals surface area contributed by atoms with E-state index in [9.17, 15) is 9.59 Å². The van der Waals surface area contributed by atoms with Gasteiger partial charge in [-0.2, -0.15) is 0 Å². The van der Waals surface area contributed by atoms with Gasteiger partial charge in [0, 0.05) is 45.6 Å². The molecule has 7 nitrogen and oxygen atoms in total. The summed E-state index contributed by atoms with van der Waals surface area (Å²) in [6.45, 7) is 0. The zero-order valence-corrected chi connectivity index (χ0v) is 23.8. The fraction of sp³-hybridized carbons (Fsp3) is 0.371. The van der Waals surface area contributed by atoms with Crippen molar-refractivity contribution in [3.05, 3.63) is 82.9 Å². The predicted octanol–water partition coefficient (Wildman–Crippen LogP) is 5.58. The van der Waals surface area contributed by atoms with Gasteiger partial charge in [-0.3, -0.25) is 0 Å². The molecule has 2 saturated heterocycles. The Morgan fingerprint density at radius 3 is 1.60 bits per heavy atom. The van der Waals surface area contributed by atoms with Gasteiger partial charge in [-0.1, -0.05) is 60.7 Å². The maximum absolute atomic E-state index is 14.3. The van der Waals surface area contributed by atoms with E-state index >= 15 is 0 Å². The fourth-order valence-electron chi connectivity index (χ4n) is 10.5. The summed E-state index contributed by atoms with van der Waals surface area (Å²) < 4.78 is 30.6. The molecule has 1 saturated carbocycles. The molecule has 0 amide bonds. The third kappa shape index (κ3) is 2.33. The molecular formula is C35H30O7. The van der Waals surface area contributed by atoms with Gasteiger partial charge in [-0.25, -0.2) is 9.59 Å². The monoisotopic (exact) mass is 562 g/mol. The number of rotatable bonds is 4. The topological polar surface area (TPSA) is 80.3 Å². The lowest BCUT2D eigenvalue weighted by atomic mass is 9.52. The number of methoxy groups -OCH3 is 4. The van der Waals surface area contributed by atoms with Gasteiger partial charge in [0.05, 0.1) is 28.4 Å². The minimum Gasteiger partial charge on any atom is -0.496 e. The lowest BCUT2D eigenvalue weighted by molar-refractivity contribution is -0.183. The number of esters is 2. The maximum Gasteiger partial charge on any atom is 0.339 e. The highest BCUT2D eigenvalue weighted by atomic mass is 16.6. The molecule has 9 rings (SSSR count). The van der Waals surface area contributed by atoms with E-state index in [4.69, 9.17) is 23.7 Å². The Labute approximate surface area is 242 Å². The second-order valence-electron chi connectivity index (χ2n) is 12.4. The molecular weight excluding hydrogens is 532 g/mol. The van der Waals surface area contributed by atoms with Gasteiger partial charge in [0.1, 0.15) is 11.5 Å². The van der Waals surface area contributed by atoms with Gasteiger partial charge in [-0.05, 0) is 40.2 Å². The van der Waals surface area contributed by atoms with Crippen molar-refractivity contribution in [3.8, 4) is 11.5 Å². The van der Waals surface area contributed by atoms with E-state index in [1.807, 2.05) is 36.4 Å². The van der Waals surface area contributed by atoms with Crippen LogP contribution >= 0.6 is 0 Å². The normalized spacial score (nSPS) is 33.9. The Morgan fingerprint density at radius 2 is 1.17 bits per heavy atom. The summed E-state index contributed by atoms with van der Waals surface area (Å²) in [6.07, 6.45) is 0.764. The first kappa shape index (κ1) is 24.5. The fourth-order valence-corrected chi connectivity index (χ4v) is 10.5. The van der Waals surface area contributed by atoms with Crippen molar-refractivity contribution in [1.82, 2.24) is 0 Å². The zero-order chi connectivity index (χ0) is 28.7. The minimum atomic E-state index is -1.37. The molecule has 3 fully saturated rings. The maximum atomic E-state index is 14.3. The highest BCUT2D eigenvalue weighted by Gasteiger charge is 2.87. The minimum absolute atomic E-state index is 0.0991. The van der Waals surface area contributed by atoms with E-state index < -0.39 is 23.1 Å². The highest BCUT2D eigenvalue weighted by Crippen LogP contribution is 2.82. The highest BCUT2D eigenvalue weighted by molar-refractivity contribution is 6.01. The average molecular weight is 563 g/mol. The first-order chi connectivity index (χ1) is 20.5. The first-order valence-corrected chi connectivity index (χ1v) is 14.5. The zero-order valence-electron chi connectivity index (χ0n) is 23.8. The average Bonchev–Trinajstić information content (AvgIpc) is 3.82. The number of carbonyl (C=O) groups is 2. The van der Waals surface area contributed by atoms with Crippen molar-refractivity contribution in [1.29, 1.82) is 0 Å². The summed E-state index contributed by atoms with van der Waals surface area (Å²) in [5, 5.41) is 4.12. The van der Waals surface area contributed by atoms with E-state index in [1.54, 1.807) is 14.2 Å². The lowest BCUT2D eigenvalue weighted by Gasteiger charge is -2.46. The molecule has 8 atom stereocenters. The van der Waals surface area contributed by atoms with Gasteiger partial charge >= 0.3 is 11.9 Å². The number of hydrogen-bond donors (Lipinski definition) is 0. The van der Waals surface area contributed by atoms with Crippen LogP contribution in [0.1, 0.15) is 52.3 Å². The van der Waals surface area contributed by atoms with Crippen molar-refractivity contribution < 1.29 is 33.3 Å². The molecule has 2 heterocycles. The Bertz CT molecular complexity index is 1770. The number of fused-ring (bicyclic) bond motifs is 18. The predicted molar refractivity (Wildman–Crippen MR) is 154 cm³/mol. The molecule has 0 spiro atoms. The third-order valence-electron chi connectivity index (χ3n) is 11.3. The standard InChI is InChI=1S/C35H30O7/c1-38-30-17-11-5-6-12-18(17)31(39-2)25-22-15-21(24(25)30)28-29(22)35(33(37)41-4)27-20-14-8-10-16-9-7-13-19(23(16)20)26(27)34(28,42-35)32(36)40-3/h5-14,21-22,26-29H,15H2,1-4H3/t21-,22+,26+,27-,28-,29+,34+,35-. The summed E-state index contributed by atoms with van der Waals surface area (Å²) in [5.74, 6) is -0.852. The molecule has 212 valence electrons. The van der Waals surface area contributed by atoms with Crippen LogP contribution in [-0.4, -0.2) is 51.6 Å². The molecule has 4 aromatic carbocycles. The molecule has 0 aromatic heterocycles. The largest absolute Gasteiger partial charge is 0.496 e. The van der Waals surface area contributed by atoms with Gasteiger partial charge in [-0.15, -0.1) is 0 Å². The molecule has 2 aliphatic heterocycles. The van der Waals surface area contributed by atoms with E-state index in [1.165, 1.54) is 14.2 Å². The molecule has 0 radical (unpaired) electrons. The van der Waals surface area contributed by atoms with Gasteiger partial charge in [0.15, 0.2) is 11.2 Å². The van der Waals surface area contributed by atoms with Crippen LogP contribution in [0.3, 0.4) is 0 Å². The first-order valence-electron chi connectivity index (χ1n) is 14.5. The van der Waals surface area contributed by atoms with Crippen LogP contribution in [0, 0.1) is 11.8 Å². The van der Waals surface area contributed by atoms with E-state index in [0.29, 0.717) is 0 Å². The van der Waals surface area contributed by atoms with Crippen molar-refractivity contribution >= 4 is 33.5 Å². The van der Waals surface area contributed by atoms with Crippen molar-refractivity contribution in [2.75, 3.05) is 28.4 Å². The molecule has 7 heteroatoms. The molecule has 0 unspecified atom stereocenters. The van der Waals surface area contributed by atoms with Crippen molar-refractivity contribution in [3.63, 3.8) is 0 Å². The second kappa shape index (κ2) is 7.84. The Morgan fingerprint density at radius 1 is 0.690 bits per heavy atom. The lowest BCUT2D eigenvalue weighted by Crippen LogP contribution is -2.56. The smallest absolute Gasteiger partial charge is 0.339 e. The summed E-state index contributed by atoms with van der Waals surface area (Å²) in [7, 11) is 6.24. The quantitative estimate of drug-likeness (QED) is 0.301. The third-order valence-corrected chi connectivity index (χ3v) is 11.3. The molecule has 42 heavy (non-hydrogen) atoms. The van der Waals surface area contributed by atoms with Gasteiger partial charge < -0.3 is 23.7 Å². The number of ether oxygens (including phenoxy) is 5. The van der Waals surface area contributed by atoms with E-state index in [0.717, 1.165) is 61.7 Å². The van der Waals surface area contributed by atoms with E-state index in [2.05, 4.69) is 24.3 Å². The van der Waals surface area contributed by atoms with Crippen LogP contribution < -0.4 is 9.47 Å².